The van der Waals surface area contributed by atoms with Crippen molar-refractivity contribution >= 4 is 11.7 Å². The van der Waals surface area contributed by atoms with Crippen molar-refractivity contribution in [1.82, 2.24) is 10.3 Å². The van der Waals surface area contributed by atoms with Crippen molar-refractivity contribution in [2.24, 2.45) is 0 Å². The lowest BCUT2D eigenvalue weighted by Gasteiger charge is -2.12. The van der Waals surface area contributed by atoms with Crippen LogP contribution in [0.25, 0.3) is 0 Å². The second-order valence-electron chi connectivity index (χ2n) is 6.41. The number of amides is 1. The van der Waals surface area contributed by atoms with E-state index in [1.165, 1.54) is 18.4 Å². The van der Waals surface area contributed by atoms with Crippen LogP contribution in [0.2, 0.25) is 0 Å². The number of hydrogen-bond donors (Lipinski definition) is 2. The highest BCUT2D eigenvalue weighted by Gasteiger charge is 2.18. The number of benzene rings is 1. The molecule has 0 radical (unpaired) electrons. The number of carbonyl (C=O) groups is 1. The Bertz CT molecular complexity index is 712. The highest BCUT2D eigenvalue weighted by Crippen LogP contribution is 2.18. The van der Waals surface area contributed by atoms with Gasteiger partial charge in [0, 0.05) is 24.3 Å². The molecule has 0 aliphatic heterocycles. The highest BCUT2D eigenvalue weighted by atomic mass is 16.5. The van der Waals surface area contributed by atoms with E-state index in [0.29, 0.717) is 11.6 Å². The smallest absolute Gasteiger partial charge is 0.251 e. The zero-order valence-electron chi connectivity index (χ0n) is 14.6. The van der Waals surface area contributed by atoms with Gasteiger partial charge in [-0.05, 0) is 49.1 Å². The van der Waals surface area contributed by atoms with E-state index in [1.807, 2.05) is 24.3 Å². The Morgan fingerprint density at radius 3 is 2.88 bits per heavy atom. The molecule has 1 aromatic carbocycles. The summed E-state index contributed by atoms with van der Waals surface area (Å²) in [5, 5.41) is 6.40. The fourth-order valence-corrected chi connectivity index (χ4v) is 3.17. The van der Waals surface area contributed by atoms with E-state index in [1.54, 1.807) is 19.4 Å². The summed E-state index contributed by atoms with van der Waals surface area (Å²) in [5.74, 6) is 1.58. The van der Waals surface area contributed by atoms with Gasteiger partial charge in [-0.3, -0.25) is 4.79 Å². The van der Waals surface area contributed by atoms with E-state index in [2.05, 4.69) is 21.7 Å². The van der Waals surface area contributed by atoms with Gasteiger partial charge in [-0.15, -0.1) is 0 Å². The summed E-state index contributed by atoms with van der Waals surface area (Å²) >= 11 is 0. The van der Waals surface area contributed by atoms with E-state index in [4.69, 9.17) is 4.74 Å². The molecule has 2 aromatic rings. The number of hydrogen-bond acceptors (Lipinski definition) is 4. The van der Waals surface area contributed by atoms with E-state index < -0.39 is 0 Å². The summed E-state index contributed by atoms with van der Waals surface area (Å²) in [6.45, 7) is 0.744. The van der Waals surface area contributed by atoms with Gasteiger partial charge in [-0.1, -0.05) is 25.0 Å². The molecule has 1 aromatic heterocycles. The SMILES string of the molecule is COc1cccc(CCNc2cc(C(=O)NC3CCCC3)ccn2)c1. The predicted octanol–water partition coefficient (Wildman–Crippen LogP) is 3.42. The van der Waals surface area contributed by atoms with Gasteiger partial charge < -0.3 is 15.4 Å². The number of anilines is 1. The van der Waals surface area contributed by atoms with Crippen molar-refractivity contribution in [3.8, 4) is 5.75 Å². The van der Waals surface area contributed by atoms with Crippen molar-refractivity contribution in [3.05, 3.63) is 53.7 Å². The summed E-state index contributed by atoms with van der Waals surface area (Å²) in [6, 6.07) is 11.9. The third-order valence-electron chi connectivity index (χ3n) is 4.57. The number of nitrogens with one attached hydrogen (secondary N) is 2. The first kappa shape index (κ1) is 17.3. The molecule has 1 saturated carbocycles. The molecule has 0 spiro atoms. The fourth-order valence-electron chi connectivity index (χ4n) is 3.17. The number of rotatable bonds is 7. The number of ether oxygens (including phenoxy) is 1. The molecule has 1 fully saturated rings. The maximum absolute atomic E-state index is 12.3. The second-order valence-corrected chi connectivity index (χ2v) is 6.41. The van der Waals surface area contributed by atoms with Crippen LogP contribution in [0.1, 0.15) is 41.6 Å². The van der Waals surface area contributed by atoms with E-state index in [9.17, 15) is 4.79 Å². The van der Waals surface area contributed by atoms with Gasteiger partial charge in [0.15, 0.2) is 0 Å². The van der Waals surface area contributed by atoms with Gasteiger partial charge >= 0.3 is 0 Å². The van der Waals surface area contributed by atoms with E-state index in [0.717, 1.165) is 37.4 Å². The molecule has 0 unspecified atom stereocenters. The summed E-state index contributed by atoms with van der Waals surface area (Å²) < 4.78 is 5.24. The van der Waals surface area contributed by atoms with Crippen molar-refractivity contribution < 1.29 is 9.53 Å². The van der Waals surface area contributed by atoms with Crippen molar-refractivity contribution in [1.29, 1.82) is 0 Å². The van der Waals surface area contributed by atoms with E-state index >= 15 is 0 Å². The molecule has 3 rings (SSSR count). The quantitative estimate of drug-likeness (QED) is 0.811. The number of methoxy groups -OCH3 is 1. The standard InChI is InChI=1S/C20H25N3O2/c1-25-18-8-4-5-15(13-18)9-11-21-19-14-16(10-12-22-19)20(24)23-17-6-2-3-7-17/h4-5,8,10,12-14,17H,2-3,6-7,9,11H2,1H3,(H,21,22)(H,23,24). The van der Waals surface area contributed by atoms with Gasteiger partial charge in [0.1, 0.15) is 11.6 Å². The topological polar surface area (TPSA) is 63.2 Å². The van der Waals surface area contributed by atoms with Crippen LogP contribution in [0.4, 0.5) is 5.82 Å². The Morgan fingerprint density at radius 2 is 2.08 bits per heavy atom. The van der Waals surface area contributed by atoms with Crippen LogP contribution < -0.4 is 15.4 Å². The first-order valence-corrected chi connectivity index (χ1v) is 8.88. The third kappa shape index (κ3) is 4.95. The average Bonchev–Trinajstić information content (AvgIpc) is 3.15. The normalized spacial score (nSPS) is 14.3. The highest BCUT2D eigenvalue weighted by molar-refractivity contribution is 5.95. The molecule has 5 heteroatoms. The molecular formula is C20H25N3O2. The molecule has 132 valence electrons. The molecule has 2 N–H and O–H groups in total. The molecule has 0 atom stereocenters. The maximum atomic E-state index is 12.3. The lowest BCUT2D eigenvalue weighted by atomic mass is 10.1. The fraction of sp³-hybridized carbons (Fsp3) is 0.400. The zero-order valence-corrected chi connectivity index (χ0v) is 14.6. The molecule has 1 aliphatic carbocycles. The number of pyridine rings is 1. The van der Waals surface area contributed by atoms with Crippen LogP contribution in [-0.2, 0) is 6.42 Å². The second kappa shape index (κ2) is 8.51. The van der Waals surface area contributed by atoms with Crippen molar-refractivity contribution in [3.63, 3.8) is 0 Å². The monoisotopic (exact) mass is 339 g/mol. The van der Waals surface area contributed by atoms with Crippen molar-refractivity contribution in [2.45, 2.75) is 38.1 Å². The summed E-state index contributed by atoms with van der Waals surface area (Å²) in [4.78, 5) is 16.6. The number of aromatic nitrogens is 1. The minimum Gasteiger partial charge on any atom is -0.497 e. The largest absolute Gasteiger partial charge is 0.497 e. The Morgan fingerprint density at radius 1 is 1.24 bits per heavy atom. The molecule has 5 nitrogen and oxygen atoms in total. The molecule has 0 saturated heterocycles. The molecule has 0 bridgehead atoms. The van der Waals surface area contributed by atoms with Crippen LogP contribution in [-0.4, -0.2) is 30.6 Å². The lowest BCUT2D eigenvalue weighted by molar-refractivity contribution is 0.0938. The van der Waals surface area contributed by atoms with Gasteiger partial charge in [0.25, 0.3) is 5.91 Å². The lowest BCUT2D eigenvalue weighted by Crippen LogP contribution is -2.32. The van der Waals surface area contributed by atoms with Crippen LogP contribution in [0, 0.1) is 0 Å². The van der Waals surface area contributed by atoms with Crippen LogP contribution in [0.5, 0.6) is 5.75 Å². The van der Waals surface area contributed by atoms with Crippen LogP contribution >= 0.6 is 0 Å². The molecule has 25 heavy (non-hydrogen) atoms. The first-order chi connectivity index (χ1) is 12.2. The number of carbonyl (C=O) groups excluding carboxylic acids is 1. The summed E-state index contributed by atoms with van der Waals surface area (Å²) in [5.41, 5.74) is 1.85. The molecule has 1 amide bonds. The Labute approximate surface area is 148 Å². The maximum Gasteiger partial charge on any atom is 0.251 e. The third-order valence-corrected chi connectivity index (χ3v) is 4.57. The summed E-state index contributed by atoms with van der Waals surface area (Å²) in [7, 11) is 1.67. The van der Waals surface area contributed by atoms with Crippen LogP contribution in [0.3, 0.4) is 0 Å². The average molecular weight is 339 g/mol. The zero-order chi connectivity index (χ0) is 17.5. The van der Waals surface area contributed by atoms with Gasteiger partial charge in [-0.25, -0.2) is 4.98 Å². The van der Waals surface area contributed by atoms with Gasteiger partial charge in [0.2, 0.25) is 0 Å². The number of nitrogens with zero attached hydrogens (tertiary/aromatic N) is 1. The minimum atomic E-state index is -0.00912. The first-order valence-electron chi connectivity index (χ1n) is 8.88. The van der Waals surface area contributed by atoms with Crippen LogP contribution in [0.15, 0.2) is 42.6 Å². The Balaban J connectivity index is 1.53. The van der Waals surface area contributed by atoms with Crippen molar-refractivity contribution in [2.75, 3.05) is 19.0 Å². The van der Waals surface area contributed by atoms with Gasteiger partial charge in [-0.2, -0.15) is 0 Å². The predicted molar refractivity (Wildman–Crippen MR) is 99.1 cm³/mol. The molecule has 1 aliphatic rings. The molecule has 1 heterocycles. The molecular weight excluding hydrogens is 314 g/mol. The van der Waals surface area contributed by atoms with Gasteiger partial charge in [0.05, 0.1) is 7.11 Å². The summed E-state index contributed by atoms with van der Waals surface area (Å²) in [6.07, 6.45) is 7.12. The minimum absolute atomic E-state index is 0.00912. The Hall–Kier alpha value is -2.56. The van der Waals surface area contributed by atoms with E-state index in [-0.39, 0.29) is 5.91 Å². The Kier molecular flexibility index (Phi) is 5.88.